The van der Waals surface area contributed by atoms with Gasteiger partial charge in [-0.3, -0.25) is 0 Å². The Morgan fingerprint density at radius 3 is 1.46 bits per heavy atom. The van der Waals surface area contributed by atoms with E-state index < -0.39 is 0 Å². The van der Waals surface area contributed by atoms with E-state index in [0.717, 1.165) is 47.3 Å². The standard InChI is InChI=1S/C15H30.C11H22.C11H24.C2H6/c1-4-8-15(13(2)3)12-11-14-9-6-5-7-10-14;1-8(2)9-6-10(7-9)11(3,4)5;1-5-8-11(9-6-2)10(4)7-3;1-2/h13-15H,4-12H2,1-3H3;8-10H,6-7H2,1-5H3;10-11H,5-9H2,1-4H3;1-2H3. The molecular weight excluding hydrogens is 468 g/mol. The van der Waals surface area contributed by atoms with Crippen LogP contribution in [0.15, 0.2) is 0 Å². The van der Waals surface area contributed by atoms with Crippen molar-refractivity contribution in [3.8, 4) is 0 Å². The van der Waals surface area contributed by atoms with Crippen LogP contribution in [0.3, 0.4) is 0 Å². The summed E-state index contributed by atoms with van der Waals surface area (Å²) in [5.41, 5.74) is 0.561. The Morgan fingerprint density at radius 1 is 0.641 bits per heavy atom. The SMILES string of the molecule is CC.CC(C)C1CC(C(C)(C)C)C1.CCCC(CCC)C(C)CC.CCCC(CCC1CCCCC1)C(C)C. The first kappa shape index (κ1) is 41.1. The topological polar surface area (TPSA) is 0 Å². The zero-order valence-corrected chi connectivity index (χ0v) is 30.4. The average molecular weight is 551 g/mol. The van der Waals surface area contributed by atoms with Gasteiger partial charge >= 0.3 is 0 Å². The van der Waals surface area contributed by atoms with Crippen molar-refractivity contribution in [3.63, 3.8) is 0 Å². The van der Waals surface area contributed by atoms with E-state index >= 15 is 0 Å². The molecule has 0 aliphatic heterocycles. The largest absolute Gasteiger partial charge is 0.0683 e. The van der Waals surface area contributed by atoms with Crippen molar-refractivity contribution in [2.75, 3.05) is 0 Å². The van der Waals surface area contributed by atoms with Crippen LogP contribution in [0.25, 0.3) is 0 Å². The molecule has 2 atom stereocenters. The molecule has 2 unspecified atom stereocenters. The Hall–Kier alpha value is 0. The van der Waals surface area contributed by atoms with Crippen LogP contribution >= 0.6 is 0 Å². The summed E-state index contributed by atoms with van der Waals surface area (Å²) in [5, 5.41) is 0. The molecule has 2 aliphatic carbocycles. The van der Waals surface area contributed by atoms with Crippen LogP contribution in [-0.2, 0) is 0 Å². The van der Waals surface area contributed by atoms with Crippen molar-refractivity contribution in [2.24, 2.45) is 52.8 Å². The highest BCUT2D eigenvalue weighted by Crippen LogP contribution is 2.47. The quantitative estimate of drug-likeness (QED) is 0.214. The van der Waals surface area contributed by atoms with E-state index in [1.54, 1.807) is 0 Å². The van der Waals surface area contributed by atoms with E-state index in [-0.39, 0.29) is 0 Å². The first-order valence-corrected chi connectivity index (χ1v) is 18.4. The molecule has 0 saturated heterocycles. The van der Waals surface area contributed by atoms with Gasteiger partial charge in [-0.2, -0.15) is 0 Å². The molecule has 0 aromatic carbocycles. The summed E-state index contributed by atoms with van der Waals surface area (Å²) in [6.45, 7) is 32.2. The van der Waals surface area contributed by atoms with E-state index in [1.165, 1.54) is 103 Å². The van der Waals surface area contributed by atoms with Crippen LogP contribution in [0.2, 0.25) is 0 Å². The minimum absolute atomic E-state index is 0.561. The highest BCUT2D eigenvalue weighted by molar-refractivity contribution is 4.88. The van der Waals surface area contributed by atoms with E-state index in [4.69, 9.17) is 0 Å². The second kappa shape index (κ2) is 24.6. The van der Waals surface area contributed by atoms with Crippen molar-refractivity contribution in [3.05, 3.63) is 0 Å². The maximum absolute atomic E-state index is 2.40. The van der Waals surface area contributed by atoms with Crippen LogP contribution in [0, 0.1) is 52.8 Å². The fraction of sp³-hybridized carbons (Fsp3) is 1.00. The fourth-order valence-electron chi connectivity index (χ4n) is 6.81. The molecule has 0 radical (unpaired) electrons. The van der Waals surface area contributed by atoms with Crippen LogP contribution in [0.5, 0.6) is 0 Å². The second-order valence-corrected chi connectivity index (χ2v) is 15.1. The molecule has 0 amide bonds. The summed E-state index contributed by atoms with van der Waals surface area (Å²) in [6.07, 6.45) is 23.3. The van der Waals surface area contributed by atoms with Gasteiger partial charge in [0.15, 0.2) is 0 Å². The summed E-state index contributed by atoms with van der Waals surface area (Å²) in [5.74, 6) is 7.84. The third-order valence-corrected chi connectivity index (χ3v) is 10.4. The normalized spacial score (nSPS) is 21.2. The van der Waals surface area contributed by atoms with Crippen LogP contribution in [0.1, 0.15) is 200 Å². The molecule has 0 heterocycles. The van der Waals surface area contributed by atoms with Crippen LogP contribution in [-0.4, -0.2) is 0 Å². The summed E-state index contributed by atoms with van der Waals surface area (Å²) >= 11 is 0. The van der Waals surface area contributed by atoms with Crippen LogP contribution < -0.4 is 0 Å². The van der Waals surface area contributed by atoms with E-state index in [9.17, 15) is 0 Å². The maximum atomic E-state index is 2.40. The van der Waals surface area contributed by atoms with Gasteiger partial charge in [0.1, 0.15) is 0 Å². The predicted molar refractivity (Wildman–Crippen MR) is 184 cm³/mol. The zero-order chi connectivity index (χ0) is 30.4. The first-order chi connectivity index (χ1) is 18.4. The highest BCUT2D eigenvalue weighted by atomic mass is 14.4. The smallest absolute Gasteiger partial charge is 0.0354 e. The summed E-state index contributed by atoms with van der Waals surface area (Å²) < 4.78 is 0. The zero-order valence-electron chi connectivity index (χ0n) is 30.4. The summed E-state index contributed by atoms with van der Waals surface area (Å²) in [7, 11) is 0. The summed E-state index contributed by atoms with van der Waals surface area (Å²) in [6, 6.07) is 0. The monoisotopic (exact) mass is 551 g/mol. The van der Waals surface area contributed by atoms with Gasteiger partial charge in [-0.15, -0.1) is 0 Å². The second-order valence-electron chi connectivity index (χ2n) is 15.1. The lowest BCUT2D eigenvalue weighted by Crippen LogP contribution is -2.36. The van der Waals surface area contributed by atoms with Gasteiger partial charge in [0, 0.05) is 0 Å². The molecular formula is C39H82. The molecule has 2 rings (SSSR count). The van der Waals surface area contributed by atoms with Gasteiger partial charge in [-0.05, 0) is 72.0 Å². The minimum atomic E-state index is 0.561. The van der Waals surface area contributed by atoms with Gasteiger partial charge < -0.3 is 0 Å². The lowest BCUT2D eigenvalue weighted by Gasteiger charge is -2.45. The number of rotatable bonds is 13. The lowest BCUT2D eigenvalue weighted by molar-refractivity contribution is 0.0494. The van der Waals surface area contributed by atoms with Gasteiger partial charge in [0.25, 0.3) is 0 Å². The molecule has 2 fully saturated rings. The third kappa shape index (κ3) is 19.7. The number of hydrogen-bond donors (Lipinski definition) is 0. The van der Waals surface area contributed by atoms with Crippen molar-refractivity contribution in [1.82, 2.24) is 0 Å². The number of hydrogen-bond acceptors (Lipinski definition) is 0. The fourth-order valence-corrected chi connectivity index (χ4v) is 6.81. The molecule has 0 aromatic heterocycles. The molecule has 2 saturated carbocycles. The van der Waals surface area contributed by atoms with E-state index in [1.807, 2.05) is 13.8 Å². The third-order valence-electron chi connectivity index (χ3n) is 10.4. The molecule has 0 aromatic rings. The van der Waals surface area contributed by atoms with Crippen molar-refractivity contribution in [1.29, 1.82) is 0 Å². The van der Waals surface area contributed by atoms with Crippen LogP contribution in [0.4, 0.5) is 0 Å². The minimum Gasteiger partial charge on any atom is -0.0683 e. The van der Waals surface area contributed by atoms with Crippen molar-refractivity contribution >= 4 is 0 Å². The van der Waals surface area contributed by atoms with Gasteiger partial charge in [-0.25, -0.2) is 0 Å². The van der Waals surface area contributed by atoms with Gasteiger partial charge in [0.05, 0.1) is 0 Å². The summed E-state index contributed by atoms with van der Waals surface area (Å²) in [4.78, 5) is 0. The highest BCUT2D eigenvalue weighted by Gasteiger charge is 2.38. The Morgan fingerprint density at radius 2 is 1.10 bits per heavy atom. The Balaban J connectivity index is 0. The lowest BCUT2D eigenvalue weighted by atomic mass is 9.60. The van der Waals surface area contributed by atoms with Gasteiger partial charge in [-0.1, -0.05) is 180 Å². The van der Waals surface area contributed by atoms with Crippen molar-refractivity contribution < 1.29 is 0 Å². The maximum Gasteiger partial charge on any atom is -0.0354 e. The Bertz CT molecular complexity index is 477. The van der Waals surface area contributed by atoms with Gasteiger partial charge in [0.2, 0.25) is 0 Å². The molecule has 0 heteroatoms. The first-order valence-electron chi connectivity index (χ1n) is 18.4. The predicted octanol–water partition coefficient (Wildman–Crippen LogP) is 14.4. The Labute approximate surface area is 252 Å². The molecule has 39 heavy (non-hydrogen) atoms. The molecule has 0 spiro atoms. The molecule has 238 valence electrons. The molecule has 0 bridgehead atoms. The van der Waals surface area contributed by atoms with E-state index in [0.29, 0.717) is 5.41 Å². The van der Waals surface area contributed by atoms with Crippen molar-refractivity contribution in [2.45, 2.75) is 200 Å². The average Bonchev–Trinajstić information content (AvgIpc) is 2.86. The Kier molecular flexibility index (Phi) is 25.9. The van der Waals surface area contributed by atoms with E-state index in [2.05, 4.69) is 83.1 Å². The molecule has 2 aliphatic rings. The molecule has 0 N–H and O–H groups in total. The molecule has 0 nitrogen and oxygen atoms in total.